The van der Waals surface area contributed by atoms with Gasteiger partial charge in [-0.3, -0.25) is 4.79 Å². The maximum absolute atomic E-state index is 13.0. The standard InChI is InChI=1S/C21H25FN2O4S/c1-15-13-19(29(26,27)24-11-3-4-12-24)9-10-20(15)28-14-21(25)23-16(2)17-5-7-18(22)8-6-17/h5-10,13,16H,3-4,11-12,14H2,1-2H3,(H,23,25)/t16-/m0/s1. The molecule has 0 aromatic heterocycles. The molecule has 1 saturated heterocycles. The molecule has 0 radical (unpaired) electrons. The van der Waals surface area contributed by atoms with Gasteiger partial charge in [-0.2, -0.15) is 4.31 Å². The van der Waals surface area contributed by atoms with Crippen molar-refractivity contribution in [3.63, 3.8) is 0 Å². The van der Waals surface area contributed by atoms with Gasteiger partial charge in [-0.25, -0.2) is 12.8 Å². The fourth-order valence-corrected chi connectivity index (χ4v) is 4.89. The summed E-state index contributed by atoms with van der Waals surface area (Å²) < 4.78 is 45.3. The summed E-state index contributed by atoms with van der Waals surface area (Å²) in [6.45, 7) is 4.44. The molecule has 1 aliphatic heterocycles. The Kier molecular flexibility index (Phi) is 6.54. The van der Waals surface area contributed by atoms with Crippen LogP contribution >= 0.6 is 0 Å². The van der Waals surface area contributed by atoms with Crippen molar-refractivity contribution >= 4 is 15.9 Å². The van der Waals surface area contributed by atoms with Crippen molar-refractivity contribution in [1.29, 1.82) is 0 Å². The Morgan fingerprint density at radius 3 is 2.45 bits per heavy atom. The van der Waals surface area contributed by atoms with Crippen molar-refractivity contribution in [3.8, 4) is 5.75 Å². The van der Waals surface area contributed by atoms with Crippen molar-refractivity contribution in [2.45, 2.75) is 37.6 Å². The van der Waals surface area contributed by atoms with Gasteiger partial charge in [0.1, 0.15) is 11.6 Å². The Morgan fingerprint density at radius 2 is 1.83 bits per heavy atom. The highest BCUT2D eigenvalue weighted by Gasteiger charge is 2.27. The van der Waals surface area contributed by atoms with E-state index in [-0.39, 0.29) is 29.3 Å². The maximum Gasteiger partial charge on any atom is 0.258 e. The van der Waals surface area contributed by atoms with E-state index in [0.717, 1.165) is 18.4 Å². The molecule has 0 aliphatic carbocycles. The number of benzene rings is 2. The molecule has 1 aliphatic rings. The van der Waals surface area contributed by atoms with Gasteiger partial charge in [0.2, 0.25) is 10.0 Å². The Labute approximate surface area is 170 Å². The third kappa shape index (κ3) is 5.13. The minimum Gasteiger partial charge on any atom is -0.484 e. The van der Waals surface area contributed by atoms with Crippen LogP contribution in [-0.2, 0) is 14.8 Å². The van der Waals surface area contributed by atoms with Crippen LogP contribution in [0.2, 0.25) is 0 Å². The summed E-state index contributed by atoms with van der Waals surface area (Å²) in [6.07, 6.45) is 1.76. The third-order valence-electron chi connectivity index (χ3n) is 4.96. The molecule has 0 spiro atoms. The summed E-state index contributed by atoms with van der Waals surface area (Å²) in [5.74, 6) is -0.203. The van der Waals surface area contributed by atoms with E-state index in [0.29, 0.717) is 24.4 Å². The number of ether oxygens (including phenoxy) is 1. The van der Waals surface area contributed by atoms with Gasteiger partial charge in [0.25, 0.3) is 5.91 Å². The number of nitrogens with one attached hydrogen (secondary N) is 1. The maximum atomic E-state index is 13.0. The summed E-state index contributed by atoms with van der Waals surface area (Å²) in [7, 11) is -3.49. The van der Waals surface area contributed by atoms with Crippen molar-refractivity contribution in [2.24, 2.45) is 0 Å². The van der Waals surface area contributed by atoms with Crippen LogP contribution < -0.4 is 10.1 Å². The number of sulfonamides is 1. The number of hydrogen-bond donors (Lipinski definition) is 1. The highest BCUT2D eigenvalue weighted by atomic mass is 32.2. The third-order valence-corrected chi connectivity index (χ3v) is 6.85. The number of carbonyl (C=O) groups excluding carboxylic acids is 1. The molecule has 29 heavy (non-hydrogen) atoms. The van der Waals surface area contributed by atoms with Gasteiger partial charge in [0, 0.05) is 13.1 Å². The first-order valence-electron chi connectivity index (χ1n) is 9.56. The topological polar surface area (TPSA) is 75.7 Å². The summed E-state index contributed by atoms with van der Waals surface area (Å²) in [4.78, 5) is 12.4. The number of halogens is 1. The second kappa shape index (κ2) is 8.92. The van der Waals surface area contributed by atoms with Crippen LogP contribution in [0, 0.1) is 12.7 Å². The first kappa shape index (κ1) is 21.3. The van der Waals surface area contributed by atoms with E-state index in [1.165, 1.54) is 22.5 Å². The number of amides is 1. The molecule has 1 heterocycles. The van der Waals surface area contributed by atoms with Crippen LogP contribution in [0.4, 0.5) is 4.39 Å². The first-order chi connectivity index (χ1) is 13.8. The zero-order valence-electron chi connectivity index (χ0n) is 16.5. The molecular weight excluding hydrogens is 395 g/mol. The Hall–Kier alpha value is -2.45. The van der Waals surface area contributed by atoms with Gasteiger partial charge in [-0.1, -0.05) is 12.1 Å². The lowest BCUT2D eigenvalue weighted by molar-refractivity contribution is -0.123. The molecule has 1 amide bonds. The lowest BCUT2D eigenvalue weighted by Gasteiger charge is -2.17. The summed E-state index contributed by atoms with van der Waals surface area (Å²) in [6, 6.07) is 10.3. The van der Waals surface area contributed by atoms with Crippen LogP contribution in [0.15, 0.2) is 47.4 Å². The van der Waals surface area contributed by atoms with Gasteiger partial charge in [0.05, 0.1) is 10.9 Å². The van der Waals surface area contributed by atoms with E-state index in [4.69, 9.17) is 4.74 Å². The van der Waals surface area contributed by atoms with Crippen LogP contribution in [0.5, 0.6) is 5.75 Å². The smallest absolute Gasteiger partial charge is 0.258 e. The van der Waals surface area contributed by atoms with E-state index < -0.39 is 10.0 Å². The van der Waals surface area contributed by atoms with Gasteiger partial charge < -0.3 is 10.1 Å². The normalized spacial score (nSPS) is 15.8. The molecule has 1 N–H and O–H groups in total. The van der Waals surface area contributed by atoms with E-state index in [1.54, 1.807) is 38.1 Å². The van der Waals surface area contributed by atoms with Gasteiger partial charge in [-0.05, 0) is 68.1 Å². The van der Waals surface area contributed by atoms with Crippen molar-refractivity contribution < 1.29 is 22.3 Å². The van der Waals surface area contributed by atoms with Crippen molar-refractivity contribution in [2.75, 3.05) is 19.7 Å². The molecule has 0 saturated carbocycles. The molecule has 8 heteroatoms. The second-order valence-electron chi connectivity index (χ2n) is 7.17. The van der Waals surface area contributed by atoms with Gasteiger partial charge in [-0.15, -0.1) is 0 Å². The highest BCUT2D eigenvalue weighted by molar-refractivity contribution is 7.89. The molecule has 1 fully saturated rings. The number of rotatable bonds is 7. The monoisotopic (exact) mass is 420 g/mol. The van der Waals surface area contributed by atoms with Crippen LogP contribution in [0.1, 0.15) is 36.9 Å². The minimum atomic E-state index is -3.49. The number of hydrogen-bond acceptors (Lipinski definition) is 4. The molecule has 0 unspecified atom stereocenters. The fraction of sp³-hybridized carbons (Fsp3) is 0.381. The van der Waals surface area contributed by atoms with E-state index in [2.05, 4.69) is 5.32 Å². The average molecular weight is 421 g/mol. The Bertz CT molecular complexity index is 971. The summed E-state index contributed by atoms with van der Waals surface area (Å²) in [5, 5.41) is 2.79. The van der Waals surface area contributed by atoms with Crippen molar-refractivity contribution in [1.82, 2.24) is 9.62 Å². The van der Waals surface area contributed by atoms with Crippen LogP contribution in [0.3, 0.4) is 0 Å². The number of nitrogens with zero attached hydrogens (tertiary/aromatic N) is 1. The zero-order valence-corrected chi connectivity index (χ0v) is 17.3. The van der Waals surface area contributed by atoms with E-state index in [1.807, 2.05) is 0 Å². The average Bonchev–Trinajstić information content (AvgIpc) is 3.23. The minimum absolute atomic E-state index is 0.204. The van der Waals surface area contributed by atoms with Crippen LogP contribution in [0.25, 0.3) is 0 Å². The summed E-state index contributed by atoms with van der Waals surface area (Å²) >= 11 is 0. The summed E-state index contributed by atoms with van der Waals surface area (Å²) in [5.41, 5.74) is 1.43. The molecule has 156 valence electrons. The quantitative estimate of drug-likeness (QED) is 0.747. The molecule has 2 aromatic carbocycles. The first-order valence-corrected chi connectivity index (χ1v) is 11.0. The van der Waals surface area contributed by atoms with E-state index in [9.17, 15) is 17.6 Å². The highest BCUT2D eigenvalue weighted by Crippen LogP contribution is 2.26. The largest absolute Gasteiger partial charge is 0.484 e. The molecule has 2 aromatic rings. The van der Waals surface area contributed by atoms with Gasteiger partial charge in [0.15, 0.2) is 6.61 Å². The Balaban J connectivity index is 1.59. The van der Waals surface area contributed by atoms with Crippen LogP contribution in [-0.4, -0.2) is 38.3 Å². The number of aryl methyl sites for hydroxylation is 1. The van der Waals surface area contributed by atoms with Crippen molar-refractivity contribution in [3.05, 3.63) is 59.4 Å². The molecule has 6 nitrogen and oxygen atoms in total. The SMILES string of the molecule is Cc1cc(S(=O)(=O)N2CCCC2)ccc1OCC(=O)N[C@@H](C)c1ccc(F)cc1. The Morgan fingerprint density at radius 1 is 1.17 bits per heavy atom. The predicted molar refractivity (Wildman–Crippen MR) is 108 cm³/mol. The predicted octanol–water partition coefficient (Wildman–Crippen LogP) is 3.17. The molecule has 1 atom stereocenters. The lowest BCUT2D eigenvalue weighted by Crippen LogP contribution is -2.31. The zero-order chi connectivity index (χ0) is 21.0. The van der Waals surface area contributed by atoms with E-state index >= 15 is 0 Å². The second-order valence-corrected chi connectivity index (χ2v) is 9.11. The van der Waals surface area contributed by atoms with Gasteiger partial charge >= 0.3 is 0 Å². The molecule has 3 rings (SSSR count). The molecule has 0 bridgehead atoms. The molecular formula is C21H25FN2O4S. The fourth-order valence-electron chi connectivity index (χ4n) is 3.28. The number of carbonyl (C=O) groups is 1. The lowest BCUT2D eigenvalue weighted by atomic mass is 10.1.